The van der Waals surface area contributed by atoms with Crippen molar-refractivity contribution < 1.29 is 23.2 Å². The molecule has 4 nitrogen and oxygen atoms in total. The van der Waals surface area contributed by atoms with E-state index in [-0.39, 0.29) is 17.7 Å². The highest BCUT2D eigenvalue weighted by Gasteiger charge is 2.16. The number of nitrogens with zero attached hydrogens (tertiary/aromatic N) is 1. The minimum atomic E-state index is -1.60. The number of hydrogen-bond donors (Lipinski definition) is 1. The maximum Gasteiger partial charge on any atom is 0.269 e. The molecule has 0 heterocycles. The van der Waals surface area contributed by atoms with Gasteiger partial charge in [0.1, 0.15) is 0 Å². The number of hydrogen-bond acceptors (Lipinski definition) is 3. The summed E-state index contributed by atoms with van der Waals surface area (Å²) in [6.07, 6.45) is -1.27. The van der Waals surface area contributed by atoms with Crippen LogP contribution in [-0.4, -0.2) is 10.0 Å². The maximum absolute atomic E-state index is 13.1. The van der Waals surface area contributed by atoms with Crippen molar-refractivity contribution >= 4 is 5.69 Å². The number of non-ortho nitro benzene ring substituents is 1. The van der Waals surface area contributed by atoms with Crippen molar-refractivity contribution in [3.05, 3.63) is 75.1 Å². The summed E-state index contributed by atoms with van der Waals surface area (Å²) >= 11 is 0. The van der Waals surface area contributed by atoms with Crippen LogP contribution in [0.1, 0.15) is 17.2 Å². The summed E-state index contributed by atoms with van der Waals surface area (Å²) in [7, 11) is 0. The molecule has 0 amide bonds. The second-order valence-corrected chi connectivity index (χ2v) is 4.44. The molecular weight excluding hydrogens is 287 g/mol. The Morgan fingerprint density at radius 1 is 1.10 bits per heavy atom. The summed E-state index contributed by atoms with van der Waals surface area (Å²) < 4.78 is 39.0. The lowest BCUT2D eigenvalue weighted by atomic mass is 10.0. The number of rotatable bonds is 4. The summed E-state index contributed by atoms with van der Waals surface area (Å²) in [5.41, 5.74) is 0.329. The second-order valence-electron chi connectivity index (χ2n) is 4.44. The molecule has 0 bridgehead atoms. The van der Waals surface area contributed by atoms with Gasteiger partial charge in [0.25, 0.3) is 5.69 Å². The van der Waals surface area contributed by atoms with E-state index in [1.807, 2.05) is 0 Å². The summed E-state index contributed by atoms with van der Waals surface area (Å²) in [5, 5.41) is 20.4. The lowest BCUT2D eigenvalue weighted by Gasteiger charge is -2.11. The fourth-order valence-electron chi connectivity index (χ4n) is 1.86. The van der Waals surface area contributed by atoms with Gasteiger partial charge in [-0.15, -0.1) is 0 Å². The molecule has 7 heteroatoms. The normalized spacial score (nSPS) is 12.2. The lowest BCUT2D eigenvalue weighted by Crippen LogP contribution is -2.04. The molecule has 0 aliphatic rings. The van der Waals surface area contributed by atoms with Gasteiger partial charge in [-0.2, -0.15) is 0 Å². The van der Waals surface area contributed by atoms with Crippen LogP contribution < -0.4 is 0 Å². The molecule has 2 rings (SSSR count). The van der Waals surface area contributed by atoms with Gasteiger partial charge < -0.3 is 5.11 Å². The number of aliphatic hydroxyl groups is 1. The van der Waals surface area contributed by atoms with Crippen LogP contribution in [0.4, 0.5) is 18.9 Å². The zero-order valence-electron chi connectivity index (χ0n) is 10.6. The van der Waals surface area contributed by atoms with Gasteiger partial charge in [0, 0.05) is 18.6 Å². The van der Waals surface area contributed by atoms with Crippen molar-refractivity contribution in [2.75, 3.05) is 0 Å². The van der Waals surface area contributed by atoms with Crippen LogP contribution >= 0.6 is 0 Å². The molecule has 0 aromatic heterocycles. The number of benzene rings is 2. The first-order valence-electron chi connectivity index (χ1n) is 5.94. The third kappa shape index (κ3) is 3.38. The molecule has 0 spiro atoms. The van der Waals surface area contributed by atoms with E-state index in [9.17, 15) is 28.4 Å². The Balaban J connectivity index is 2.17. The van der Waals surface area contributed by atoms with E-state index in [0.717, 1.165) is 0 Å². The van der Waals surface area contributed by atoms with Gasteiger partial charge in [-0.25, -0.2) is 13.2 Å². The Labute approximate surface area is 117 Å². The number of nitro groups is 1. The monoisotopic (exact) mass is 297 g/mol. The molecule has 0 saturated heterocycles. The number of nitro benzene ring substituents is 1. The third-order valence-electron chi connectivity index (χ3n) is 2.97. The summed E-state index contributed by atoms with van der Waals surface area (Å²) in [6, 6.07) is 6.81. The topological polar surface area (TPSA) is 63.4 Å². The van der Waals surface area contributed by atoms with Gasteiger partial charge in [-0.05, 0) is 23.3 Å². The van der Waals surface area contributed by atoms with Crippen molar-refractivity contribution in [2.24, 2.45) is 0 Å². The molecule has 2 aromatic carbocycles. The smallest absolute Gasteiger partial charge is 0.269 e. The van der Waals surface area contributed by atoms with Gasteiger partial charge in [-0.1, -0.05) is 12.1 Å². The minimum Gasteiger partial charge on any atom is -0.388 e. The third-order valence-corrected chi connectivity index (χ3v) is 2.97. The van der Waals surface area contributed by atoms with Crippen molar-refractivity contribution in [1.29, 1.82) is 0 Å². The molecule has 1 atom stereocenters. The molecule has 0 fully saturated rings. The lowest BCUT2D eigenvalue weighted by molar-refractivity contribution is -0.384. The molecule has 110 valence electrons. The van der Waals surface area contributed by atoms with Crippen LogP contribution in [0, 0.1) is 27.6 Å². The van der Waals surface area contributed by atoms with E-state index < -0.39 is 28.5 Å². The average molecular weight is 297 g/mol. The van der Waals surface area contributed by atoms with Crippen LogP contribution in [0.2, 0.25) is 0 Å². The standard InChI is InChI=1S/C14H10F3NO3/c15-11-6-9(7-12(16)14(11)17)13(19)5-8-1-3-10(4-2-8)18(20)21/h1-4,6-7,13,19H,5H2. The van der Waals surface area contributed by atoms with Gasteiger partial charge >= 0.3 is 0 Å². The first-order chi connectivity index (χ1) is 9.88. The maximum atomic E-state index is 13.1. The van der Waals surface area contributed by atoms with E-state index in [1.165, 1.54) is 24.3 Å². The SMILES string of the molecule is O=[N+]([O-])c1ccc(CC(O)c2cc(F)c(F)c(F)c2)cc1. The van der Waals surface area contributed by atoms with Crippen LogP contribution in [-0.2, 0) is 6.42 Å². The van der Waals surface area contributed by atoms with Gasteiger partial charge in [0.15, 0.2) is 17.5 Å². The van der Waals surface area contributed by atoms with Gasteiger partial charge in [0.2, 0.25) is 0 Å². The Morgan fingerprint density at radius 2 is 1.62 bits per heavy atom. The molecule has 1 N–H and O–H groups in total. The highest BCUT2D eigenvalue weighted by atomic mass is 19.2. The Hall–Kier alpha value is -2.41. The second kappa shape index (κ2) is 5.92. The Morgan fingerprint density at radius 3 is 2.10 bits per heavy atom. The first-order valence-corrected chi connectivity index (χ1v) is 5.94. The summed E-state index contributed by atoms with van der Waals surface area (Å²) in [4.78, 5) is 9.94. The van der Waals surface area contributed by atoms with Crippen LogP contribution in [0.15, 0.2) is 36.4 Å². The van der Waals surface area contributed by atoms with Crippen molar-refractivity contribution in [2.45, 2.75) is 12.5 Å². The number of aliphatic hydroxyl groups excluding tert-OH is 1. The zero-order chi connectivity index (χ0) is 15.6. The molecule has 2 aromatic rings. The fraction of sp³-hybridized carbons (Fsp3) is 0.143. The quantitative estimate of drug-likeness (QED) is 0.535. The molecule has 1 unspecified atom stereocenters. The molecule has 0 aliphatic heterocycles. The minimum absolute atomic E-state index is 0.0114. The molecule has 0 saturated carbocycles. The zero-order valence-corrected chi connectivity index (χ0v) is 10.6. The molecule has 0 radical (unpaired) electrons. The summed E-state index contributed by atoms with van der Waals surface area (Å²) in [5.74, 6) is -4.36. The van der Waals surface area contributed by atoms with Crippen molar-refractivity contribution in [3.63, 3.8) is 0 Å². The highest BCUT2D eigenvalue weighted by Crippen LogP contribution is 2.23. The first kappa shape index (κ1) is 15.0. The number of halogens is 3. The molecular formula is C14H10F3NO3. The van der Waals surface area contributed by atoms with Crippen LogP contribution in [0.5, 0.6) is 0 Å². The van der Waals surface area contributed by atoms with E-state index in [2.05, 4.69) is 0 Å². The molecule has 21 heavy (non-hydrogen) atoms. The highest BCUT2D eigenvalue weighted by molar-refractivity contribution is 5.34. The summed E-state index contributed by atoms with van der Waals surface area (Å²) in [6.45, 7) is 0. The largest absolute Gasteiger partial charge is 0.388 e. The van der Waals surface area contributed by atoms with Gasteiger partial charge in [-0.3, -0.25) is 10.1 Å². The Kier molecular flexibility index (Phi) is 4.23. The predicted molar refractivity (Wildman–Crippen MR) is 68.1 cm³/mol. The predicted octanol–water partition coefficient (Wildman–Crippen LogP) is 3.29. The van der Waals surface area contributed by atoms with E-state index in [1.54, 1.807) is 0 Å². The van der Waals surface area contributed by atoms with E-state index in [4.69, 9.17) is 0 Å². The van der Waals surface area contributed by atoms with Crippen molar-refractivity contribution in [3.8, 4) is 0 Å². The van der Waals surface area contributed by atoms with Crippen LogP contribution in [0.3, 0.4) is 0 Å². The van der Waals surface area contributed by atoms with E-state index in [0.29, 0.717) is 17.7 Å². The van der Waals surface area contributed by atoms with Gasteiger partial charge in [0.05, 0.1) is 11.0 Å². The fourth-order valence-corrected chi connectivity index (χ4v) is 1.86. The molecule has 0 aliphatic carbocycles. The van der Waals surface area contributed by atoms with E-state index >= 15 is 0 Å². The van der Waals surface area contributed by atoms with Crippen molar-refractivity contribution in [1.82, 2.24) is 0 Å². The van der Waals surface area contributed by atoms with Crippen LogP contribution in [0.25, 0.3) is 0 Å². The Bertz CT molecular complexity index is 651. The average Bonchev–Trinajstić information content (AvgIpc) is 2.44.